The van der Waals surface area contributed by atoms with Gasteiger partial charge in [0.15, 0.2) is 0 Å². The highest BCUT2D eigenvalue weighted by atomic mass is 32.2. The molecule has 1 aliphatic heterocycles. The summed E-state index contributed by atoms with van der Waals surface area (Å²) in [5, 5.41) is 3.78. The number of nitrogens with zero attached hydrogens (tertiary/aromatic N) is 1. The maximum atomic E-state index is 3.78. The zero-order chi connectivity index (χ0) is 13.4. The summed E-state index contributed by atoms with van der Waals surface area (Å²) in [6.45, 7) is 10.7. The molecule has 1 saturated heterocycles. The molecular weight excluding hydrogens is 240 g/mol. The van der Waals surface area contributed by atoms with E-state index in [4.69, 9.17) is 0 Å². The first kappa shape index (κ1) is 16.3. The smallest absolute Gasteiger partial charge is 0.0221 e. The summed E-state index contributed by atoms with van der Waals surface area (Å²) in [5.74, 6) is 2.10. The highest BCUT2D eigenvalue weighted by Gasteiger charge is 2.28. The molecule has 0 spiro atoms. The Bertz CT molecular complexity index is 211. The SMILES string of the molecule is CCCC1CNC(C(C)CC)CN1CCCSC. The van der Waals surface area contributed by atoms with Gasteiger partial charge in [-0.2, -0.15) is 11.8 Å². The van der Waals surface area contributed by atoms with Crippen LogP contribution in [-0.4, -0.2) is 48.6 Å². The van der Waals surface area contributed by atoms with Crippen molar-refractivity contribution in [1.82, 2.24) is 10.2 Å². The molecule has 18 heavy (non-hydrogen) atoms. The molecule has 1 heterocycles. The summed E-state index contributed by atoms with van der Waals surface area (Å²) < 4.78 is 0. The van der Waals surface area contributed by atoms with Crippen LogP contribution in [0.4, 0.5) is 0 Å². The van der Waals surface area contributed by atoms with Crippen LogP contribution in [0.25, 0.3) is 0 Å². The van der Waals surface area contributed by atoms with E-state index in [1.54, 1.807) is 0 Å². The highest BCUT2D eigenvalue weighted by molar-refractivity contribution is 7.98. The lowest BCUT2D eigenvalue weighted by Gasteiger charge is -2.42. The molecule has 1 aliphatic rings. The maximum absolute atomic E-state index is 3.78. The standard InChI is InChI=1S/C15H32N2S/c1-5-8-14-11-16-15(13(3)6-2)12-17(14)9-7-10-18-4/h13-16H,5-12H2,1-4H3. The monoisotopic (exact) mass is 272 g/mol. The van der Waals surface area contributed by atoms with E-state index in [0.717, 1.165) is 12.0 Å². The lowest BCUT2D eigenvalue weighted by Crippen LogP contribution is -2.58. The van der Waals surface area contributed by atoms with Crippen LogP contribution in [-0.2, 0) is 0 Å². The summed E-state index contributed by atoms with van der Waals surface area (Å²) in [4.78, 5) is 2.76. The van der Waals surface area contributed by atoms with Crippen molar-refractivity contribution in [3.8, 4) is 0 Å². The molecular formula is C15H32N2S. The molecule has 2 nitrogen and oxygen atoms in total. The van der Waals surface area contributed by atoms with Gasteiger partial charge in [0.25, 0.3) is 0 Å². The van der Waals surface area contributed by atoms with Gasteiger partial charge < -0.3 is 5.32 Å². The molecule has 0 saturated carbocycles. The Morgan fingerprint density at radius 3 is 2.78 bits per heavy atom. The van der Waals surface area contributed by atoms with Crippen LogP contribution in [0.15, 0.2) is 0 Å². The van der Waals surface area contributed by atoms with E-state index >= 15 is 0 Å². The Hall–Kier alpha value is 0.270. The van der Waals surface area contributed by atoms with Gasteiger partial charge in [0.2, 0.25) is 0 Å². The zero-order valence-electron chi connectivity index (χ0n) is 12.7. The second-order valence-electron chi connectivity index (χ2n) is 5.68. The van der Waals surface area contributed by atoms with E-state index in [9.17, 15) is 0 Å². The predicted octanol–water partition coefficient (Wildman–Crippen LogP) is 3.23. The van der Waals surface area contributed by atoms with Crippen molar-refractivity contribution in [2.75, 3.05) is 31.6 Å². The third kappa shape index (κ3) is 5.10. The topological polar surface area (TPSA) is 15.3 Å². The molecule has 108 valence electrons. The van der Waals surface area contributed by atoms with Crippen LogP contribution in [0.2, 0.25) is 0 Å². The molecule has 0 bridgehead atoms. The Balaban J connectivity index is 2.47. The number of nitrogens with one attached hydrogen (secondary N) is 1. The van der Waals surface area contributed by atoms with Gasteiger partial charge in [0.1, 0.15) is 0 Å². The number of thioether (sulfide) groups is 1. The Labute approximate surface area is 118 Å². The lowest BCUT2D eigenvalue weighted by molar-refractivity contribution is 0.103. The van der Waals surface area contributed by atoms with E-state index < -0.39 is 0 Å². The van der Waals surface area contributed by atoms with Gasteiger partial charge in [-0.25, -0.2) is 0 Å². The number of hydrogen-bond acceptors (Lipinski definition) is 3. The first-order valence-corrected chi connectivity index (χ1v) is 9.08. The molecule has 0 aromatic rings. The van der Waals surface area contributed by atoms with Crippen molar-refractivity contribution in [3.05, 3.63) is 0 Å². The van der Waals surface area contributed by atoms with Crippen LogP contribution < -0.4 is 5.32 Å². The molecule has 1 fully saturated rings. The van der Waals surface area contributed by atoms with E-state index in [-0.39, 0.29) is 0 Å². The largest absolute Gasteiger partial charge is 0.311 e. The molecule has 0 amide bonds. The molecule has 0 aliphatic carbocycles. The highest BCUT2D eigenvalue weighted by Crippen LogP contribution is 2.18. The molecule has 3 unspecified atom stereocenters. The molecule has 3 atom stereocenters. The average Bonchev–Trinajstić information content (AvgIpc) is 2.40. The van der Waals surface area contributed by atoms with Gasteiger partial charge in [0.05, 0.1) is 0 Å². The number of hydrogen-bond donors (Lipinski definition) is 1. The van der Waals surface area contributed by atoms with Crippen molar-refractivity contribution >= 4 is 11.8 Å². The van der Waals surface area contributed by atoms with Crippen LogP contribution in [0.3, 0.4) is 0 Å². The Morgan fingerprint density at radius 2 is 2.17 bits per heavy atom. The van der Waals surface area contributed by atoms with Crippen molar-refractivity contribution in [2.24, 2.45) is 5.92 Å². The fourth-order valence-corrected chi connectivity index (χ4v) is 3.27. The van der Waals surface area contributed by atoms with E-state index in [2.05, 4.69) is 37.2 Å². The molecule has 0 aromatic carbocycles. The second kappa shape index (κ2) is 9.22. The fourth-order valence-electron chi connectivity index (χ4n) is 2.85. The van der Waals surface area contributed by atoms with Crippen LogP contribution in [0.5, 0.6) is 0 Å². The van der Waals surface area contributed by atoms with E-state index in [1.807, 2.05) is 11.8 Å². The van der Waals surface area contributed by atoms with Gasteiger partial charge in [-0.3, -0.25) is 4.90 Å². The summed E-state index contributed by atoms with van der Waals surface area (Å²) >= 11 is 1.97. The average molecular weight is 273 g/mol. The minimum atomic E-state index is 0.706. The van der Waals surface area contributed by atoms with Crippen LogP contribution in [0, 0.1) is 5.92 Å². The third-order valence-electron chi connectivity index (χ3n) is 4.31. The lowest BCUT2D eigenvalue weighted by atomic mass is 9.94. The summed E-state index contributed by atoms with van der Waals surface area (Å²) in [5.41, 5.74) is 0. The van der Waals surface area contributed by atoms with Crippen molar-refractivity contribution < 1.29 is 0 Å². The Kier molecular flexibility index (Phi) is 8.36. The van der Waals surface area contributed by atoms with Gasteiger partial charge >= 0.3 is 0 Å². The molecule has 1 rings (SSSR count). The normalized spacial score (nSPS) is 27.3. The molecule has 0 radical (unpaired) electrons. The third-order valence-corrected chi connectivity index (χ3v) is 5.01. The van der Waals surface area contributed by atoms with E-state index in [0.29, 0.717) is 6.04 Å². The minimum absolute atomic E-state index is 0.706. The predicted molar refractivity (Wildman–Crippen MR) is 84.5 cm³/mol. The van der Waals surface area contributed by atoms with Gasteiger partial charge in [0, 0.05) is 25.2 Å². The minimum Gasteiger partial charge on any atom is -0.311 e. The summed E-state index contributed by atoms with van der Waals surface area (Å²) in [6.07, 6.45) is 7.49. The van der Waals surface area contributed by atoms with Gasteiger partial charge in [-0.15, -0.1) is 0 Å². The molecule has 3 heteroatoms. The fraction of sp³-hybridized carbons (Fsp3) is 1.00. The number of rotatable bonds is 8. The van der Waals surface area contributed by atoms with Crippen molar-refractivity contribution in [3.63, 3.8) is 0 Å². The molecule has 1 N–H and O–H groups in total. The first-order chi connectivity index (χ1) is 8.72. The maximum Gasteiger partial charge on any atom is 0.0221 e. The summed E-state index contributed by atoms with van der Waals surface area (Å²) in [6, 6.07) is 1.48. The van der Waals surface area contributed by atoms with E-state index in [1.165, 1.54) is 51.1 Å². The first-order valence-electron chi connectivity index (χ1n) is 7.69. The zero-order valence-corrected chi connectivity index (χ0v) is 13.6. The Morgan fingerprint density at radius 1 is 1.39 bits per heavy atom. The summed E-state index contributed by atoms with van der Waals surface area (Å²) in [7, 11) is 0. The van der Waals surface area contributed by atoms with Crippen molar-refractivity contribution in [1.29, 1.82) is 0 Å². The second-order valence-corrected chi connectivity index (χ2v) is 6.67. The van der Waals surface area contributed by atoms with Crippen LogP contribution in [0.1, 0.15) is 46.5 Å². The quantitative estimate of drug-likeness (QED) is 0.683. The van der Waals surface area contributed by atoms with Crippen molar-refractivity contribution in [2.45, 2.75) is 58.5 Å². The molecule has 0 aromatic heterocycles. The van der Waals surface area contributed by atoms with Gasteiger partial charge in [-0.05, 0) is 37.3 Å². The van der Waals surface area contributed by atoms with Gasteiger partial charge in [-0.1, -0.05) is 33.6 Å². The number of piperazine rings is 1. The van der Waals surface area contributed by atoms with Crippen LogP contribution >= 0.6 is 11.8 Å².